The summed E-state index contributed by atoms with van der Waals surface area (Å²) in [5, 5.41) is 3.01. The maximum Gasteiger partial charge on any atom is 0.410 e. The van der Waals surface area contributed by atoms with Gasteiger partial charge in [-0.15, -0.1) is 0 Å². The molecule has 7 nitrogen and oxygen atoms in total. The van der Waals surface area contributed by atoms with Crippen molar-refractivity contribution in [3.8, 4) is 0 Å². The number of nitrogens with zero attached hydrogens (tertiary/aromatic N) is 3. The highest BCUT2D eigenvalue weighted by Crippen LogP contribution is 2.37. The summed E-state index contributed by atoms with van der Waals surface area (Å²) in [6.07, 6.45) is 1.38. The molecule has 1 saturated heterocycles. The number of fused-ring (bicyclic) bond motifs is 1. The molecule has 0 spiro atoms. The molecule has 1 N–H and O–H groups in total. The van der Waals surface area contributed by atoms with Gasteiger partial charge in [-0.05, 0) is 70.0 Å². The molecule has 1 atom stereocenters. The molecular weight excluding hydrogens is 423 g/mol. The van der Waals surface area contributed by atoms with Crippen LogP contribution < -0.4 is 15.1 Å². The second kappa shape index (κ2) is 9.29. The largest absolute Gasteiger partial charge is 0.444 e. The second-order valence-corrected chi connectivity index (χ2v) is 9.42. The van der Waals surface area contributed by atoms with Crippen molar-refractivity contribution in [1.82, 2.24) is 10.2 Å². The van der Waals surface area contributed by atoms with Crippen molar-refractivity contribution in [3.63, 3.8) is 0 Å². The van der Waals surface area contributed by atoms with Crippen LogP contribution in [-0.4, -0.2) is 54.8 Å². The summed E-state index contributed by atoms with van der Waals surface area (Å²) in [6.45, 7) is 7.62. The van der Waals surface area contributed by atoms with E-state index in [4.69, 9.17) is 4.74 Å². The first-order valence-electron chi connectivity index (χ1n) is 11.4. The van der Waals surface area contributed by atoms with Crippen LogP contribution in [0.2, 0.25) is 0 Å². The van der Waals surface area contributed by atoms with Crippen LogP contribution in [-0.2, 0) is 4.74 Å². The Morgan fingerprint density at radius 3 is 2.42 bits per heavy atom. The van der Waals surface area contributed by atoms with E-state index in [9.17, 15) is 14.0 Å². The van der Waals surface area contributed by atoms with Gasteiger partial charge in [0, 0.05) is 31.9 Å². The summed E-state index contributed by atoms with van der Waals surface area (Å²) >= 11 is 0. The molecule has 2 aliphatic heterocycles. The van der Waals surface area contributed by atoms with Crippen LogP contribution in [0.15, 0.2) is 48.5 Å². The van der Waals surface area contributed by atoms with E-state index in [2.05, 4.69) is 10.2 Å². The summed E-state index contributed by atoms with van der Waals surface area (Å²) < 4.78 is 18.9. The number of anilines is 3. The fourth-order valence-corrected chi connectivity index (χ4v) is 4.37. The maximum absolute atomic E-state index is 13.4. The SMILES string of the molecule is CC(C)(C)OC(=O)N1CCC[C@@H]1CNC(=O)N1CCN(c2ccc(F)cc2)c2ccccc21. The van der Waals surface area contributed by atoms with E-state index in [0.717, 1.165) is 29.9 Å². The number of ether oxygens (including phenoxy) is 1. The van der Waals surface area contributed by atoms with Crippen molar-refractivity contribution in [3.05, 3.63) is 54.3 Å². The Bertz CT molecular complexity index is 1010. The zero-order chi connectivity index (χ0) is 23.6. The highest BCUT2D eigenvalue weighted by atomic mass is 19.1. The highest BCUT2D eigenvalue weighted by Gasteiger charge is 2.33. The number of rotatable bonds is 3. The van der Waals surface area contributed by atoms with E-state index in [0.29, 0.717) is 26.2 Å². The van der Waals surface area contributed by atoms with Gasteiger partial charge < -0.3 is 19.9 Å². The van der Waals surface area contributed by atoms with Crippen molar-refractivity contribution in [2.45, 2.75) is 45.3 Å². The normalized spacial score (nSPS) is 18.2. The summed E-state index contributed by atoms with van der Waals surface area (Å²) in [5.41, 5.74) is 2.01. The maximum atomic E-state index is 13.4. The van der Waals surface area contributed by atoms with Gasteiger partial charge in [-0.3, -0.25) is 4.90 Å². The Hall–Kier alpha value is -3.29. The van der Waals surface area contributed by atoms with E-state index in [1.807, 2.05) is 45.0 Å². The number of carbonyl (C=O) groups excluding carboxylic acids is 2. The molecule has 0 saturated carbocycles. The van der Waals surface area contributed by atoms with E-state index in [1.165, 1.54) is 12.1 Å². The first kappa shape index (κ1) is 22.9. The van der Waals surface area contributed by atoms with Gasteiger partial charge in [0.15, 0.2) is 0 Å². The van der Waals surface area contributed by atoms with Crippen LogP contribution in [0.4, 0.5) is 31.0 Å². The second-order valence-electron chi connectivity index (χ2n) is 9.42. The Kier molecular flexibility index (Phi) is 6.44. The van der Waals surface area contributed by atoms with Crippen LogP contribution >= 0.6 is 0 Å². The van der Waals surface area contributed by atoms with Crippen LogP contribution in [0.1, 0.15) is 33.6 Å². The third-order valence-electron chi connectivity index (χ3n) is 5.89. The number of benzene rings is 2. The first-order valence-corrected chi connectivity index (χ1v) is 11.4. The number of likely N-dealkylation sites (tertiary alicyclic amines) is 1. The van der Waals surface area contributed by atoms with Crippen LogP contribution in [0.3, 0.4) is 0 Å². The molecule has 0 radical (unpaired) electrons. The standard InChI is InChI=1S/C25H31FN4O3/c1-25(2,3)33-24(32)29-14-6-7-20(29)17-27-23(31)30-16-15-28(19-12-10-18(26)11-13-19)21-8-4-5-9-22(21)30/h4-5,8-13,20H,6-7,14-17H2,1-3H3,(H,27,31)/t20-/m1/s1. The molecule has 2 aliphatic rings. The number of hydrogen-bond acceptors (Lipinski definition) is 4. The van der Waals surface area contributed by atoms with Crippen molar-refractivity contribution in [2.75, 3.05) is 36.0 Å². The molecule has 0 aromatic heterocycles. The molecular formula is C25H31FN4O3. The lowest BCUT2D eigenvalue weighted by atomic mass is 10.1. The van der Waals surface area contributed by atoms with E-state index >= 15 is 0 Å². The molecule has 4 rings (SSSR count). The van der Waals surface area contributed by atoms with Gasteiger partial charge in [0.2, 0.25) is 0 Å². The Labute approximate surface area is 194 Å². The topological polar surface area (TPSA) is 65.1 Å². The van der Waals surface area contributed by atoms with Gasteiger partial charge in [-0.25, -0.2) is 14.0 Å². The zero-order valence-corrected chi connectivity index (χ0v) is 19.4. The minimum absolute atomic E-state index is 0.0838. The van der Waals surface area contributed by atoms with Crippen molar-refractivity contribution in [2.24, 2.45) is 0 Å². The number of halogens is 1. The fourth-order valence-electron chi connectivity index (χ4n) is 4.37. The summed E-state index contributed by atoms with van der Waals surface area (Å²) in [4.78, 5) is 31.2. The number of carbonyl (C=O) groups is 2. The molecule has 33 heavy (non-hydrogen) atoms. The number of nitrogens with one attached hydrogen (secondary N) is 1. The lowest BCUT2D eigenvalue weighted by Crippen LogP contribution is -2.51. The molecule has 1 fully saturated rings. The molecule has 0 bridgehead atoms. The van der Waals surface area contributed by atoms with Gasteiger partial charge in [-0.1, -0.05) is 12.1 Å². The van der Waals surface area contributed by atoms with E-state index in [-0.39, 0.29) is 24.0 Å². The quantitative estimate of drug-likeness (QED) is 0.717. The number of urea groups is 1. The molecule has 2 aromatic rings. The van der Waals surface area contributed by atoms with Crippen LogP contribution in [0.25, 0.3) is 0 Å². The van der Waals surface area contributed by atoms with Crippen LogP contribution in [0, 0.1) is 5.82 Å². The summed E-state index contributed by atoms with van der Waals surface area (Å²) in [7, 11) is 0. The minimum Gasteiger partial charge on any atom is -0.444 e. The molecule has 2 heterocycles. The fraction of sp³-hybridized carbons (Fsp3) is 0.440. The third-order valence-corrected chi connectivity index (χ3v) is 5.89. The molecule has 0 unspecified atom stereocenters. The molecule has 2 aromatic carbocycles. The monoisotopic (exact) mass is 454 g/mol. The summed E-state index contributed by atoms with van der Waals surface area (Å²) in [5.74, 6) is -0.280. The molecule has 176 valence electrons. The lowest BCUT2D eigenvalue weighted by molar-refractivity contribution is 0.0228. The molecule has 0 aliphatic carbocycles. The van der Waals surface area contributed by atoms with Crippen molar-refractivity contribution in [1.29, 1.82) is 0 Å². The van der Waals surface area contributed by atoms with Gasteiger partial charge in [-0.2, -0.15) is 0 Å². The van der Waals surface area contributed by atoms with Gasteiger partial charge in [0.1, 0.15) is 11.4 Å². The predicted octanol–water partition coefficient (Wildman–Crippen LogP) is 4.89. The van der Waals surface area contributed by atoms with Gasteiger partial charge in [0.25, 0.3) is 0 Å². The smallest absolute Gasteiger partial charge is 0.410 e. The van der Waals surface area contributed by atoms with Crippen molar-refractivity contribution < 1.29 is 18.7 Å². The average Bonchev–Trinajstić information content (AvgIpc) is 3.25. The zero-order valence-electron chi connectivity index (χ0n) is 19.4. The number of hydrogen-bond donors (Lipinski definition) is 1. The molecule has 8 heteroatoms. The Balaban J connectivity index is 1.43. The van der Waals surface area contributed by atoms with E-state index < -0.39 is 5.60 Å². The van der Waals surface area contributed by atoms with Gasteiger partial charge in [0.05, 0.1) is 17.4 Å². The molecule has 3 amide bonds. The average molecular weight is 455 g/mol. The lowest BCUT2D eigenvalue weighted by Gasteiger charge is -2.38. The van der Waals surface area contributed by atoms with Gasteiger partial charge >= 0.3 is 12.1 Å². The number of para-hydroxylation sites is 2. The summed E-state index contributed by atoms with van der Waals surface area (Å²) in [6, 6.07) is 13.8. The van der Waals surface area contributed by atoms with Crippen molar-refractivity contribution >= 4 is 29.2 Å². The third kappa shape index (κ3) is 5.21. The highest BCUT2D eigenvalue weighted by molar-refractivity contribution is 5.98. The first-order chi connectivity index (χ1) is 15.7. The van der Waals surface area contributed by atoms with Crippen LogP contribution in [0.5, 0.6) is 0 Å². The predicted molar refractivity (Wildman–Crippen MR) is 127 cm³/mol. The Morgan fingerprint density at radius 1 is 1.03 bits per heavy atom. The minimum atomic E-state index is -0.554. The Morgan fingerprint density at radius 2 is 1.73 bits per heavy atom. The number of amides is 3. The van der Waals surface area contributed by atoms with E-state index in [1.54, 1.807) is 21.9 Å².